The summed E-state index contributed by atoms with van der Waals surface area (Å²) in [5, 5.41) is 0. The zero-order valence-electron chi connectivity index (χ0n) is 6.89. The molecule has 0 amide bonds. The third-order valence-corrected chi connectivity index (χ3v) is 2.69. The van der Waals surface area contributed by atoms with E-state index >= 15 is 0 Å². The highest BCUT2D eigenvalue weighted by molar-refractivity contribution is 4.92. The van der Waals surface area contributed by atoms with E-state index in [1.165, 1.54) is 12.8 Å². The highest BCUT2D eigenvalue weighted by Crippen LogP contribution is 2.34. The summed E-state index contributed by atoms with van der Waals surface area (Å²) < 4.78 is 5.44. The second-order valence-electron chi connectivity index (χ2n) is 3.26. The fourth-order valence-electron chi connectivity index (χ4n) is 1.82. The predicted molar refractivity (Wildman–Crippen MR) is 41.9 cm³/mol. The summed E-state index contributed by atoms with van der Waals surface area (Å²) in [6.07, 6.45) is 4.83. The maximum absolute atomic E-state index is 5.82. The van der Waals surface area contributed by atoms with Crippen molar-refractivity contribution in [3.8, 4) is 0 Å². The van der Waals surface area contributed by atoms with Gasteiger partial charge in [0, 0.05) is 13.2 Å². The number of ether oxygens (including phenoxy) is 1. The van der Waals surface area contributed by atoms with Crippen molar-refractivity contribution in [1.82, 2.24) is 0 Å². The number of nitrogens with two attached hydrogens (primary N) is 1. The molecule has 1 aliphatic carbocycles. The van der Waals surface area contributed by atoms with Crippen LogP contribution in [0.5, 0.6) is 0 Å². The van der Waals surface area contributed by atoms with E-state index in [-0.39, 0.29) is 11.6 Å². The lowest BCUT2D eigenvalue weighted by Gasteiger charge is -2.31. The van der Waals surface area contributed by atoms with Gasteiger partial charge in [0.1, 0.15) is 0 Å². The Morgan fingerprint density at radius 1 is 1.40 bits per heavy atom. The molecule has 0 unspecified atom stereocenters. The topological polar surface area (TPSA) is 35.2 Å². The summed E-state index contributed by atoms with van der Waals surface area (Å²) in [4.78, 5) is 0. The molecule has 2 nitrogen and oxygen atoms in total. The number of hydrogen-bond donors (Lipinski definition) is 1. The largest absolute Gasteiger partial charge is 0.377 e. The molecule has 0 spiro atoms. The van der Waals surface area contributed by atoms with Crippen molar-refractivity contribution in [3.63, 3.8) is 0 Å². The average molecular weight is 143 g/mol. The smallest absolute Gasteiger partial charge is 0.0826 e. The molecule has 1 saturated carbocycles. The minimum atomic E-state index is 0.0139. The van der Waals surface area contributed by atoms with Crippen molar-refractivity contribution in [3.05, 3.63) is 0 Å². The molecule has 0 bridgehead atoms. The molecule has 1 aliphatic rings. The molecule has 1 atom stereocenters. The van der Waals surface area contributed by atoms with E-state index in [0.29, 0.717) is 0 Å². The van der Waals surface area contributed by atoms with Gasteiger partial charge in [-0.05, 0) is 19.8 Å². The van der Waals surface area contributed by atoms with Crippen molar-refractivity contribution in [2.75, 3.05) is 7.11 Å². The van der Waals surface area contributed by atoms with Crippen LogP contribution in [0.3, 0.4) is 0 Å². The van der Waals surface area contributed by atoms with Crippen molar-refractivity contribution in [2.24, 2.45) is 5.73 Å². The van der Waals surface area contributed by atoms with Crippen molar-refractivity contribution in [1.29, 1.82) is 0 Å². The minimum absolute atomic E-state index is 0.0139. The molecule has 0 aromatic carbocycles. The van der Waals surface area contributed by atoms with Crippen molar-refractivity contribution < 1.29 is 4.74 Å². The van der Waals surface area contributed by atoms with Gasteiger partial charge in [-0.25, -0.2) is 0 Å². The van der Waals surface area contributed by atoms with Crippen LogP contribution in [0, 0.1) is 0 Å². The Bertz CT molecular complexity index is 106. The van der Waals surface area contributed by atoms with Gasteiger partial charge in [-0.2, -0.15) is 0 Å². The Morgan fingerprint density at radius 3 is 2.10 bits per heavy atom. The van der Waals surface area contributed by atoms with Crippen LogP contribution in [0.1, 0.15) is 32.6 Å². The maximum Gasteiger partial charge on any atom is 0.0826 e. The van der Waals surface area contributed by atoms with Gasteiger partial charge in [0.25, 0.3) is 0 Å². The van der Waals surface area contributed by atoms with E-state index < -0.39 is 0 Å². The van der Waals surface area contributed by atoms with Gasteiger partial charge in [-0.3, -0.25) is 0 Å². The van der Waals surface area contributed by atoms with Gasteiger partial charge >= 0.3 is 0 Å². The number of methoxy groups -OCH3 is 1. The second-order valence-corrected chi connectivity index (χ2v) is 3.26. The molecule has 1 fully saturated rings. The first-order valence-corrected chi connectivity index (χ1v) is 4.02. The molecule has 0 aromatic heterocycles. The zero-order chi connectivity index (χ0) is 7.61. The molecule has 0 saturated heterocycles. The lowest BCUT2D eigenvalue weighted by atomic mass is 9.94. The summed E-state index contributed by atoms with van der Waals surface area (Å²) in [7, 11) is 1.77. The van der Waals surface area contributed by atoms with E-state index in [2.05, 4.69) is 0 Å². The lowest BCUT2D eigenvalue weighted by Crippen LogP contribution is -2.45. The van der Waals surface area contributed by atoms with E-state index in [0.717, 1.165) is 12.8 Å². The predicted octanol–water partition coefficient (Wildman–Crippen LogP) is 1.29. The quantitative estimate of drug-likeness (QED) is 0.632. The van der Waals surface area contributed by atoms with Gasteiger partial charge in [-0.1, -0.05) is 12.8 Å². The molecule has 1 rings (SSSR count). The fourth-order valence-corrected chi connectivity index (χ4v) is 1.82. The monoisotopic (exact) mass is 143 g/mol. The van der Waals surface area contributed by atoms with E-state index in [1.54, 1.807) is 7.11 Å². The highest BCUT2D eigenvalue weighted by atomic mass is 16.5. The molecule has 0 heterocycles. The Morgan fingerprint density at radius 2 is 1.90 bits per heavy atom. The van der Waals surface area contributed by atoms with E-state index in [1.807, 2.05) is 6.92 Å². The first kappa shape index (κ1) is 8.02. The molecule has 0 aliphatic heterocycles. The Balaban J connectivity index is 2.58. The first-order valence-electron chi connectivity index (χ1n) is 4.02. The van der Waals surface area contributed by atoms with Crippen LogP contribution in [0.4, 0.5) is 0 Å². The zero-order valence-corrected chi connectivity index (χ0v) is 6.89. The Kier molecular flexibility index (Phi) is 2.32. The van der Waals surface area contributed by atoms with Gasteiger partial charge < -0.3 is 10.5 Å². The molecule has 0 aromatic rings. The third-order valence-electron chi connectivity index (χ3n) is 2.69. The Hall–Kier alpha value is -0.0800. The summed E-state index contributed by atoms with van der Waals surface area (Å²) in [6, 6.07) is 0.181. The molecule has 2 heteroatoms. The molecular weight excluding hydrogens is 126 g/mol. The van der Waals surface area contributed by atoms with Crippen LogP contribution in [0.2, 0.25) is 0 Å². The molecular formula is C8H17NO. The number of rotatable bonds is 2. The van der Waals surface area contributed by atoms with Gasteiger partial charge in [0.05, 0.1) is 5.60 Å². The fraction of sp³-hybridized carbons (Fsp3) is 1.00. The van der Waals surface area contributed by atoms with Gasteiger partial charge in [-0.15, -0.1) is 0 Å². The summed E-state index contributed by atoms with van der Waals surface area (Å²) in [5.74, 6) is 0. The van der Waals surface area contributed by atoms with Crippen LogP contribution in [0.25, 0.3) is 0 Å². The maximum atomic E-state index is 5.82. The lowest BCUT2D eigenvalue weighted by molar-refractivity contribution is -0.0209. The minimum Gasteiger partial charge on any atom is -0.377 e. The van der Waals surface area contributed by atoms with E-state index in [4.69, 9.17) is 10.5 Å². The van der Waals surface area contributed by atoms with Crippen LogP contribution in [0.15, 0.2) is 0 Å². The van der Waals surface area contributed by atoms with Crippen LogP contribution < -0.4 is 5.73 Å². The SMILES string of the molecule is COC1([C@H](C)N)CCCC1. The third kappa shape index (κ3) is 1.18. The summed E-state index contributed by atoms with van der Waals surface area (Å²) in [5.41, 5.74) is 5.83. The van der Waals surface area contributed by atoms with Crippen LogP contribution >= 0.6 is 0 Å². The molecule has 10 heavy (non-hydrogen) atoms. The summed E-state index contributed by atoms with van der Waals surface area (Å²) in [6.45, 7) is 2.04. The first-order chi connectivity index (χ1) is 4.71. The number of hydrogen-bond acceptors (Lipinski definition) is 2. The summed E-state index contributed by atoms with van der Waals surface area (Å²) >= 11 is 0. The normalized spacial score (nSPS) is 26.7. The highest BCUT2D eigenvalue weighted by Gasteiger charge is 2.36. The van der Waals surface area contributed by atoms with Crippen LogP contribution in [-0.2, 0) is 4.74 Å². The second kappa shape index (κ2) is 2.89. The Labute approximate surface area is 62.7 Å². The van der Waals surface area contributed by atoms with Gasteiger partial charge in [0.15, 0.2) is 0 Å². The van der Waals surface area contributed by atoms with Crippen LogP contribution in [-0.4, -0.2) is 18.8 Å². The molecule has 2 N–H and O–H groups in total. The van der Waals surface area contributed by atoms with Crippen molar-refractivity contribution in [2.45, 2.75) is 44.2 Å². The van der Waals surface area contributed by atoms with E-state index in [9.17, 15) is 0 Å². The standard InChI is InChI=1S/C8H17NO/c1-7(9)8(10-2)5-3-4-6-8/h7H,3-6,9H2,1-2H3/t7-/m0/s1. The van der Waals surface area contributed by atoms with Gasteiger partial charge in [0.2, 0.25) is 0 Å². The average Bonchev–Trinajstić information content (AvgIpc) is 2.35. The molecule has 0 radical (unpaired) electrons. The molecule has 60 valence electrons. The van der Waals surface area contributed by atoms with Crippen molar-refractivity contribution >= 4 is 0 Å².